The van der Waals surface area contributed by atoms with E-state index in [0.717, 1.165) is 6.42 Å². The van der Waals surface area contributed by atoms with Crippen LogP contribution >= 0.6 is 0 Å². The van der Waals surface area contributed by atoms with Gasteiger partial charge in [-0.1, -0.05) is 6.08 Å². The van der Waals surface area contributed by atoms with Crippen LogP contribution in [-0.4, -0.2) is 16.5 Å². The highest BCUT2D eigenvalue weighted by Gasteiger charge is 2.03. The minimum atomic E-state index is -0.191. The Morgan fingerprint density at radius 1 is 1.53 bits per heavy atom. The number of fused-ring (bicyclic) bond motifs is 1. The zero-order valence-electron chi connectivity index (χ0n) is 9.36. The molecule has 0 saturated carbocycles. The SMILES string of the molecule is C=CCCNc1nc2ccc(N)cc2c(=O)[nH]1. The van der Waals surface area contributed by atoms with Crippen LogP contribution in [0.25, 0.3) is 10.9 Å². The third-order valence-corrected chi connectivity index (χ3v) is 2.37. The van der Waals surface area contributed by atoms with Gasteiger partial charge >= 0.3 is 0 Å². The maximum atomic E-state index is 11.8. The summed E-state index contributed by atoms with van der Waals surface area (Å²) in [4.78, 5) is 18.7. The van der Waals surface area contributed by atoms with E-state index < -0.39 is 0 Å². The Morgan fingerprint density at radius 3 is 3.12 bits per heavy atom. The van der Waals surface area contributed by atoms with Crippen LogP contribution in [0.1, 0.15) is 6.42 Å². The standard InChI is InChI=1S/C12H14N4O/c1-2-3-6-14-12-15-10-5-4-8(13)7-9(10)11(17)16-12/h2,4-5,7H,1,3,6,13H2,(H2,14,15,16,17). The predicted molar refractivity (Wildman–Crippen MR) is 70.1 cm³/mol. The summed E-state index contributed by atoms with van der Waals surface area (Å²) in [6.45, 7) is 4.31. The molecule has 0 spiro atoms. The molecule has 0 fully saturated rings. The summed E-state index contributed by atoms with van der Waals surface area (Å²) in [5.74, 6) is 0.467. The van der Waals surface area contributed by atoms with Gasteiger partial charge in [0.1, 0.15) is 0 Å². The molecule has 0 aliphatic rings. The number of nitrogen functional groups attached to an aromatic ring is 1. The van der Waals surface area contributed by atoms with Crippen molar-refractivity contribution in [1.82, 2.24) is 9.97 Å². The van der Waals surface area contributed by atoms with E-state index in [0.29, 0.717) is 29.1 Å². The number of H-pyrrole nitrogens is 1. The van der Waals surface area contributed by atoms with Crippen LogP contribution in [0.15, 0.2) is 35.6 Å². The van der Waals surface area contributed by atoms with E-state index in [2.05, 4.69) is 21.9 Å². The van der Waals surface area contributed by atoms with Crippen molar-refractivity contribution in [2.24, 2.45) is 0 Å². The van der Waals surface area contributed by atoms with Crippen molar-refractivity contribution in [2.45, 2.75) is 6.42 Å². The van der Waals surface area contributed by atoms with Crippen LogP contribution in [0.4, 0.5) is 11.6 Å². The van der Waals surface area contributed by atoms with Gasteiger partial charge in [0, 0.05) is 12.2 Å². The molecule has 0 amide bonds. The first-order valence-corrected chi connectivity index (χ1v) is 5.35. The molecule has 4 N–H and O–H groups in total. The molecule has 0 atom stereocenters. The number of benzene rings is 1. The van der Waals surface area contributed by atoms with Crippen LogP contribution in [0.3, 0.4) is 0 Å². The highest BCUT2D eigenvalue weighted by atomic mass is 16.1. The second-order valence-electron chi connectivity index (χ2n) is 3.70. The summed E-state index contributed by atoms with van der Waals surface area (Å²) in [6.07, 6.45) is 2.61. The molecule has 1 aromatic carbocycles. The Bertz CT molecular complexity index is 603. The average molecular weight is 230 g/mol. The summed E-state index contributed by atoms with van der Waals surface area (Å²) in [7, 11) is 0. The lowest BCUT2D eigenvalue weighted by molar-refractivity contribution is 1.02. The van der Waals surface area contributed by atoms with Crippen molar-refractivity contribution < 1.29 is 0 Å². The highest BCUT2D eigenvalue weighted by molar-refractivity contribution is 5.81. The number of aromatic nitrogens is 2. The van der Waals surface area contributed by atoms with Crippen molar-refractivity contribution in [3.05, 3.63) is 41.2 Å². The van der Waals surface area contributed by atoms with Gasteiger partial charge in [0.05, 0.1) is 10.9 Å². The molecule has 0 aliphatic heterocycles. The number of aromatic amines is 1. The lowest BCUT2D eigenvalue weighted by Crippen LogP contribution is -2.13. The Hall–Kier alpha value is -2.30. The number of nitrogens with two attached hydrogens (primary N) is 1. The number of hydrogen-bond acceptors (Lipinski definition) is 4. The summed E-state index contributed by atoms with van der Waals surface area (Å²) in [5.41, 5.74) is 6.61. The Labute approximate surface area is 98.4 Å². The van der Waals surface area contributed by atoms with E-state index >= 15 is 0 Å². The van der Waals surface area contributed by atoms with Gasteiger partial charge in [0.2, 0.25) is 5.95 Å². The molecule has 2 aromatic rings. The molecule has 0 bridgehead atoms. The van der Waals surface area contributed by atoms with E-state index in [4.69, 9.17) is 5.73 Å². The monoisotopic (exact) mass is 230 g/mol. The second-order valence-corrected chi connectivity index (χ2v) is 3.70. The molecule has 0 saturated heterocycles. The first-order valence-electron chi connectivity index (χ1n) is 5.35. The maximum absolute atomic E-state index is 11.8. The van der Waals surface area contributed by atoms with Crippen LogP contribution < -0.4 is 16.6 Å². The van der Waals surface area contributed by atoms with Crippen molar-refractivity contribution >= 4 is 22.5 Å². The van der Waals surface area contributed by atoms with Crippen molar-refractivity contribution in [3.63, 3.8) is 0 Å². The smallest absolute Gasteiger partial charge is 0.260 e. The van der Waals surface area contributed by atoms with Crippen molar-refractivity contribution in [3.8, 4) is 0 Å². The third-order valence-electron chi connectivity index (χ3n) is 2.37. The van der Waals surface area contributed by atoms with Crippen LogP contribution in [0.2, 0.25) is 0 Å². The lowest BCUT2D eigenvalue weighted by atomic mass is 10.2. The van der Waals surface area contributed by atoms with E-state index in [-0.39, 0.29) is 5.56 Å². The molecule has 1 heterocycles. The zero-order valence-corrected chi connectivity index (χ0v) is 9.36. The minimum Gasteiger partial charge on any atom is -0.399 e. The summed E-state index contributed by atoms with van der Waals surface area (Å²) in [5, 5.41) is 3.52. The van der Waals surface area contributed by atoms with Crippen LogP contribution in [0, 0.1) is 0 Å². The molecular formula is C12H14N4O. The quantitative estimate of drug-likeness (QED) is 0.422. The van der Waals surface area contributed by atoms with Gasteiger partial charge in [-0.05, 0) is 24.6 Å². The zero-order chi connectivity index (χ0) is 12.3. The first kappa shape index (κ1) is 11.2. The fourth-order valence-corrected chi connectivity index (χ4v) is 1.53. The fraction of sp³-hybridized carbons (Fsp3) is 0.167. The third kappa shape index (κ3) is 2.44. The summed E-state index contributed by atoms with van der Waals surface area (Å²) < 4.78 is 0. The second kappa shape index (κ2) is 4.69. The Balaban J connectivity index is 2.38. The van der Waals surface area contributed by atoms with Gasteiger partial charge in [0.25, 0.3) is 5.56 Å². The number of nitrogens with one attached hydrogen (secondary N) is 2. The molecule has 0 radical (unpaired) electrons. The van der Waals surface area contributed by atoms with Crippen molar-refractivity contribution in [1.29, 1.82) is 0 Å². The normalized spacial score (nSPS) is 10.4. The van der Waals surface area contributed by atoms with Crippen LogP contribution in [0.5, 0.6) is 0 Å². The topological polar surface area (TPSA) is 83.8 Å². The molecule has 88 valence electrons. The van der Waals surface area contributed by atoms with E-state index in [1.54, 1.807) is 24.3 Å². The van der Waals surface area contributed by atoms with E-state index in [9.17, 15) is 4.79 Å². The van der Waals surface area contributed by atoms with E-state index in [1.165, 1.54) is 0 Å². The Morgan fingerprint density at radius 2 is 2.35 bits per heavy atom. The summed E-state index contributed by atoms with van der Waals surface area (Å²) in [6, 6.07) is 5.08. The predicted octanol–water partition coefficient (Wildman–Crippen LogP) is 1.49. The van der Waals surface area contributed by atoms with Gasteiger partial charge in [0.15, 0.2) is 0 Å². The largest absolute Gasteiger partial charge is 0.399 e. The van der Waals surface area contributed by atoms with Gasteiger partial charge in [-0.15, -0.1) is 6.58 Å². The molecule has 17 heavy (non-hydrogen) atoms. The molecule has 0 unspecified atom stereocenters. The van der Waals surface area contributed by atoms with Gasteiger partial charge in [-0.25, -0.2) is 4.98 Å². The lowest BCUT2D eigenvalue weighted by Gasteiger charge is -2.05. The van der Waals surface area contributed by atoms with E-state index in [1.807, 2.05) is 0 Å². The molecular weight excluding hydrogens is 216 g/mol. The molecule has 0 aliphatic carbocycles. The number of hydrogen-bond donors (Lipinski definition) is 3. The Kier molecular flexibility index (Phi) is 3.09. The van der Waals surface area contributed by atoms with Gasteiger partial charge < -0.3 is 11.1 Å². The van der Waals surface area contributed by atoms with Crippen LogP contribution in [-0.2, 0) is 0 Å². The number of rotatable bonds is 4. The summed E-state index contributed by atoms with van der Waals surface area (Å²) >= 11 is 0. The maximum Gasteiger partial charge on any atom is 0.260 e. The van der Waals surface area contributed by atoms with Gasteiger partial charge in [-0.3, -0.25) is 9.78 Å². The molecule has 5 heteroatoms. The molecule has 1 aromatic heterocycles. The fourth-order valence-electron chi connectivity index (χ4n) is 1.53. The number of nitrogens with zero attached hydrogens (tertiary/aromatic N) is 1. The minimum absolute atomic E-state index is 0.191. The average Bonchev–Trinajstić information content (AvgIpc) is 2.31. The van der Waals surface area contributed by atoms with Crippen molar-refractivity contribution in [2.75, 3.05) is 17.6 Å². The number of anilines is 2. The van der Waals surface area contributed by atoms with Gasteiger partial charge in [-0.2, -0.15) is 0 Å². The highest BCUT2D eigenvalue weighted by Crippen LogP contribution is 2.12. The first-order chi connectivity index (χ1) is 8.20. The molecule has 2 rings (SSSR count). The molecule has 5 nitrogen and oxygen atoms in total.